The first-order valence-electron chi connectivity index (χ1n) is 10.8. The molecule has 2 aliphatic heterocycles. The highest BCUT2D eigenvalue weighted by Gasteiger charge is 2.28. The van der Waals surface area contributed by atoms with Crippen molar-refractivity contribution in [3.8, 4) is 16.2 Å². The minimum atomic E-state index is -1.17. The molecule has 9 nitrogen and oxygen atoms in total. The van der Waals surface area contributed by atoms with Crippen LogP contribution < -0.4 is 10.1 Å². The molecule has 182 valence electrons. The van der Waals surface area contributed by atoms with Crippen molar-refractivity contribution in [1.82, 2.24) is 4.90 Å². The molecule has 1 aliphatic carbocycles. The number of hydrogen-bond acceptors (Lipinski definition) is 8. The maximum absolute atomic E-state index is 12.3. The molecular formula is C23H26N2O7S2. The molecule has 1 amide bonds. The number of ether oxygens (including phenoxy) is 2. The van der Waals surface area contributed by atoms with E-state index < -0.39 is 24.1 Å². The number of piperidine rings is 1. The van der Waals surface area contributed by atoms with Crippen molar-refractivity contribution in [2.24, 2.45) is 0 Å². The van der Waals surface area contributed by atoms with Gasteiger partial charge in [-0.3, -0.25) is 0 Å². The highest BCUT2D eigenvalue weighted by Crippen LogP contribution is 2.49. The zero-order valence-electron chi connectivity index (χ0n) is 19.0. The summed E-state index contributed by atoms with van der Waals surface area (Å²) in [6.45, 7) is 6.19. The van der Waals surface area contributed by atoms with Crippen LogP contribution in [0.4, 0.5) is 10.5 Å². The van der Waals surface area contributed by atoms with Crippen molar-refractivity contribution in [3.05, 3.63) is 22.4 Å². The number of hydrogen-bond donors (Lipinski definition) is 3. The molecule has 1 saturated heterocycles. The van der Waals surface area contributed by atoms with Gasteiger partial charge in [-0.25, -0.2) is 14.4 Å². The van der Waals surface area contributed by atoms with E-state index in [9.17, 15) is 19.5 Å². The SMILES string of the molecule is CC(C)(C)OC(=O)N1CCC(Nc2csc3c4c(OCC(=O)O)c(C(=O)O)sc4cc-3c2)CC1. The Kier molecular flexibility index (Phi) is 6.59. The number of carboxylic acid groups (broad SMARTS) is 2. The van der Waals surface area contributed by atoms with Crippen LogP contribution in [0.1, 0.15) is 43.3 Å². The average molecular weight is 507 g/mol. The van der Waals surface area contributed by atoms with E-state index in [0.29, 0.717) is 18.5 Å². The van der Waals surface area contributed by atoms with Crippen LogP contribution in [0.15, 0.2) is 17.5 Å². The van der Waals surface area contributed by atoms with Crippen LogP contribution >= 0.6 is 22.7 Å². The lowest BCUT2D eigenvalue weighted by molar-refractivity contribution is -0.139. The number of thiophene rings is 1. The van der Waals surface area contributed by atoms with Crippen molar-refractivity contribution >= 4 is 56.5 Å². The summed E-state index contributed by atoms with van der Waals surface area (Å²) in [6, 6.07) is 4.12. The molecule has 0 unspecified atom stereocenters. The van der Waals surface area contributed by atoms with Crippen molar-refractivity contribution in [2.45, 2.75) is 45.3 Å². The number of carbonyl (C=O) groups is 3. The van der Waals surface area contributed by atoms with Crippen LogP contribution in [0.2, 0.25) is 0 Å². The zero-order chi connectivity index (χ0) is 24.6. The summed E-state index contributed by atoms with van der Waals surface area (Å²) < 4.78 is 11.6. The van der Waals surface area contributed by atoms with Crippen LogP contribution in [0.25, 0.3) is 20.5 Å². The Morgan fingerprint density at radius 1 is 1.18 bits per heavy atom. The van der Waals surface area contributed by atoms with Crippen LogP contribution in [0, 0.1) is 0 Å². The van der Waals surface area contributed by atoms with Gasteiger partial charge in [0.15, 0.2) is 17.2 Å². The average Bonchev–Trinajstić information content (AvgIpc) is 3.27. The van der Waals surface area contributed by atoms with Crippen LogP contribution in [0.5, 0.6) is 5.75 Å². The third kappa shape index (κ3) is 5.20. The number of aromatic carboxylic acids is 1. The Hall–Kier alpha value is -3.05. The molecule has 3 heterocycles. The topological polar surface area (TPSA) is 125 Å². The second-order valence-corrected chi connectivity index (χ2v) is 11.1. The van der Waals surface area contributed by atoms with Gasteiger partial charge in [-0.05, 0) is 51.3 Å². The van der Waals surface area contributed by atoms with Crippen LogP contribution in [0.3, 0.4) is 0 Å². The molecule has 1 fully saturated rings. The molecule has 3 aliphatic rings. The number of amides is 1. The van der Waals surface area contributed by atoms with E-state index >= 15 is 0 Å². The predicted molar refractivity (Wildman–Crippen MR) is 131 cm³/mol. The molecule has 34 heavy (non-hydrogen) atoms. The second-order valence-electron chi connectivity index (χ2n) is 9.14. The Bertz CT molecular complexity index is 1200. The molecule has 3 N–H and O–H groups in total. The highest BCUT2D eigenvalue weighted by molar-refractivity contribution is 7.22. The quantitative estimate of drug-likeness (QED) is 0.425. The Morgan fingerprint density at radius 3 is 2.50 bits per heavy atom. The Balaban J connectivity index is 1.49. The number of nitrogens with zero attached hydrogens (tertiary/aromatic N) is 1. The molecule has 0 atom stereocenters. The van der Waals surface area contributed by atoms with Gasteiger partial charge < -0.3 is 29.9 Å². The minimum Gasteiger partial charge on any atom is -0.479 e. The lowest BCUT2D eigenvalue weighted by atomic mass is 10.1. The van der Waals surface area contributed by atoms with Crippen LogP contribution in [-0.2, 0) is 9.53 Å². The van der Waals surface area contributed by atoms with Crippen molar-refractivity contribution < 1.29 is 34.1 Å². The van der Waals surface area contributed by atoms with E-state index in [0.717, 1.165) is 45.0 Å². The molecule has 0 saturated carbocycles. The van der Waals surface area contributed by atoms with Gasteiger partial charge in [-0.15, -0.1) is 22.7 Å². The van der Waals surface area contributed by atoms with Gasteiger partial charge in [-0.2, -0.15) is 0 Å². The van der Waals surface area contributed by atoms with Gasteiger partial charge in [0.2, 0.25) is 0 Å². The van der Waals surface area contributed by atoms with Gasteiger partial charge in [0, 0.05) is 39.8 Å². The van der Waals surface area contributed by atoms with Gasteiger partial charge >= 0.3 is 18.0 Å². The number of likely N-dealkylation sites (tertiary alicyclic amines) is 1. The lowest BCUT2D eigenvalue weighted by Crippen LogP contribution is -2.44. The normalized spacial score (nSPS) is 15.0. The number of carbonyl (C=O) groups excluding carboxylic acids is 1. The second kappa shape index (κ2) is 9.30. The fraction of sp³-hybridized carbons (Fsp3) is 0.435. The van der Waals surface area contributed by atoms with E-state index in [1.165, 1.54) is 11.3 Å². The molecule has 0 aromatic carbocycles. The first-order valence-corrected chi connectivity index (χ1v) is 12.5. The van der Waals surface area contributed by atoms with E-state index in [-0.39, 0.29) is 22.8 Å². The fourth-order valence-corrected chi connectivity index (χ4v) is 5.98. The molecular weight excluding hydrogens is 480 g/mol. The monoisotopic (exact) mass is 506 g/mol. The van der Waals surface area contributed by atoms with Gasteiger partial charge in [0.25, 0.3) is 0 Å². The standard InChI is InChI=1S/C23H26N2O7S2/c1-23(2,3)32-22(30)25-6-4-13(5-7-25)24-14-8-12-9-15-17(19(12)33-11-14)18(31-10-16(26)27)20(34-15)21(28)29/h8-9,11,13,24H,4-7,10H2,1-3H3,(H,26,27)(H,28,29). The fourth-order valence-electron chi connectivity index (χ4n) is 3.92. The third-order valence-electron chi connectivity index (χ3n) is 5.33. The summed E-state index contributed by atoms with van der Waals surface area (Å²) in [4.78, 5) is 37.4. The maximum atomic E-state index is 12.3. The molecule has 0 radical (unpaired) electrons. The van der Waals surface area contributed by atoms with Gasteiger partial charge in [0.05, 0.1) is 5.39 Å². The lowest BCUT2D eigenvalue weighted by Gasteiger charge is -2.34. The summed E-state index contributed by atoms with van der Waals surface area (Å²) in [7, 11) is 0. The van der Waals surface area contributed by atoms with Crippen molar-refractivity contribution in [3.63, 3.8) is 0 Å². The zero-order valence-corrected chi connectivity index (χ0v) is 20.7. The summed E-state index contributed by atoms with van der Waals surface area (Å²) >= 11 is 2.53. The van der Waals surface area contributed by atoms with E-state index in [2.05, 4.69) is 5.32 Å². The highest BCUT2D eigenvalue weighted by atomic mass is 32.1. The third-order valence-corrected chi connectivity index (χ3v) is 7.49. The molecule has 0 bridgehead atoms. The summed E-state index contributed by atoms with van der Waals surface area (Å²) in [5, 5.41) is 24.6. The number of rotatable bonds is 6. The first-order chi connectivity index (χ1) is 16.0. The van der Waals surface area contributed by atoms with Crippen LogP contribution in [-0.4, -0.2) is 64.5 Å². The number of nitrogens with one attached hydrogen (secondary N) is 1. The molecule has 4 rings (SSSR count). The largest absolute Gasteiger partial charge is 0.479 e. The van der Waals surface area contributed by atoms with Gasteiger partial charge in [-0.1, -0.05) is 0 Å². The van der Waals surface area contributed by atoms with E-state index in [4.69, 9.17) is 14.6 Å². The van der Waals surface area contributed by atoms with Crippen molar-refractivity contribution in [2.75, 3.05) is 25.0 Å². The summed E-state index contributed by atoms with van der Waals surface area (Å²) in [5.74, 6) is -2.20. The summed E-state index contributed by atoms with van der Waals surface area (Å²) in [6.07, 6.45) is 1.31. The van der Waals surface area contributed by atoms with Crippen molar-refractivity contribution in [1.29, 1.82) is 0 Å². The minimum absolute atomic E-state index is 0.000649. The maximum Gasteiger partial charge on any atom is 0.410 e. The van der Waals surface area contributed by atoms with E-state index in [1.807, 2.05) is 38.3 Å². The first kappa shape index (κ1) is 24.1. The predicted octanol–water partition coefficient (Wildman–Crippen LogP) is 5.04. The molecule has 11 heteroatoms. The molecule has 1 aromatic heterocycles. The Labute approximate surface area is 204 Å². The Morgan fingerprint density at radius 2 is 1.88 bits per heavy atom. The molecule has 0 spiro atoms. The number of fused-ring (bicyclic) bond motifs is 3. The van der Waals surface area contributed by atoms with Gasteiger partial charge in [0.1, 0.15) is 5.60 Å². The number of aliphatic carboxylic acids is 1. The molecule has 1 aromatic rings. The smallest absolute Gasteiger partial charge is 0.410 e. The number of carboxylic acids is 2. The van der Waals surface area contributed by atoms with E-state index in [1.54, 1.807) is 4.90 Å². The number of anilines is 1. The summed E-state index contributed by atoms with van der Waals surface area (Å²) in [5.41, 5.74) is 1.36.